The summed E-state index contributed by atoms with van der Waals surface area (Å²) >= 11 is 0. The zero-order valence-corrected chi connectivity index (χ0v) is 16.8. The van der Waals surface area contributed by atoms with Crippen LogP contribution in [0.5, 0.6) is 0 Å². The number of nitrogens with two attached hydrogens (primary N) is 2. The first-order valence-electron chi connectivity index (χ1n) is 9.74. The molecule has 9 nitrogen and oxygen atoms in total. The van der Waals surface area contributed by atoms with E-state index in [1.165, 1.54) is 13.3 Å². The minimum absolute atomic E-state index is 0.0482. The monoisotopic (exact) mass is 417 g/mol. The first-order valence-corrected chi connectivity index (χ1v) is 9.74. The van der Waals surface area contributed by atoms with Gasteiger partial charge in [0.25, 0.3) is 0 Å². The number of anilines is 2. The molecular weight excluding hydrogens is 393 g/mol. The second kappa shape index (κ2) is 7.28. The third-order valence-corrected chi connectivity index (χ3v) is 5.92. The molecule has 1 atom stereocenters. The number of halogens is 1. The maximum Gasteiger partial charge on any atom is 0.341 e. The molecule has 0 spiro atoms. The standard InChI is InChI=1S/C20H24FN5O4/c1-9-16(23)14-18(26(11-3-4-11)7-12(19(14)27)20(28)29)15(21)17(9)25-6-10(5-22)13(8-25)24-30-2/h7,10-11H,3-6,8,22-23H2,1-2H3,(H,28,29). The molecule has 2 fully saturated rings. The van der Waals surface area contributed by atoms with Crippen LogP contribution in [0.25, 0.3) is 10.9 Å². The second-order valence-corrected chi connectivity index (χ2v) is 7.82. The number of nitrogens with zero attached hydrogens (tertiary/aromatic N) is 3. The molecule has 1 aromatic heterocycles. The van der Waals surface area contributed by atoms with Crippen molar-refractivity contribution in [2.75, 3.05) is 37.4 Å². The van der Waals surface area contributed by atoms with E-state index in [0.717, 1.165) is 12.8 Å². The van der Waals surface area contributed by atoms with Gasteiger partial charge < -0.3 is 30.9 Å². The van der Waals surface area contributed by atoms with Crippen molar-refractivity contribution in [2.24, 2.45) is 16.8 Å². The summed E-state index contributed by atoms with van der Waals surface area (Å²) < 4.78 is 17.5. The van der Waals surface area contributed by atoms with E-state index in [-0.39, 0.29) is 34.2 Å². The van der Waals surface area contributed by atoms with E-state index >= 15 is 4.39 Å². The molecule has 1 saturated carbocycles. The third kappa shape index (κ3) is 2.98. The van der Waals surface area contributed by atoms with Gasteiger partial charge in [0.1, 0.15) is 12.7 Å². The Morgan fingerprint density at radius 3 is 2.70 bits per heavy atom. The largest absolute Gasteiger partial charge is 0.477 e. The SMILES string of the molecule is CON=C1CN(c2c(C)c(N)c3c(=O)c(C(=O)O)cn(C4CC4)c3c2F)CC1CN. The predicted molar refractivity (Wildman–Crippen MR) is 112 cm³/mol. The highest BCUT2D eigenvalue weighted by Gasteiger charge is 2.35. The highest BCUT2D eigenvalue weighted by atomic mass is 19.1. The van der Waals surface area contributed by atoms with Gasteiger partial charge in [0, 0.05) is 31.2 Å². The Bertz CT molecular complexity index is 1140. The van der Waals surface area contributed by atoms with E-state index in [9.17, 15) is 14.7 Å². The lowest BCUT2D eigenvalue weighted by molar-refractivity contribution is 0.0695. The molecule has 0 radical (unpaired) electrons. The van der Waals surface area contributed by atoms with Crippen LogP contribution in [0.1, 0.15) is 34.8 Å². The van der Waals surface area contributed by atoms with Crippen molar-refractivity contribution in [3.63, 3.8) is 0 Å². The summed E-state index contributed by atoms with van der Waals surface area (Å²) in [6.45, 7) is 2.71. The predicted octanol–water partition coefficient (Wildman–Crippen LogP) is 1.46. The molecule has 2 heterocycles. The summed E-state index contributed by atoms with van der Waals surface area (Å²) in [7, 11) is 1.44. The molecule has 30 heavy (non-hydrogen) atoms. The normalized spacial score (nSPS) is 20.3. The highest BCUT2D eigenvalue weighted by Crippen LogP contribution is 2.42. The van der Waals surface area contributed by atoms with Gasteiger partial charge in [-0.15, -0.1) is 0 Å². The Morgan fingerprint density at radius 1 is 1.43 bits per heavy atom. The number of nitrogen functional groups attached to an aromatic ring is 1. The Hall–Kier alpha value is -3.14. The molecule has 1 aromatic carbocycles. The molecule has 1 aliphatic carbocycles. The van der Waals surface area contributed by atoms with Crippen LogP contribution in [0.3, 0.4) is 0 Å². The van der Waals surface area contributed by atoms with Gasteiger partial charge >= 0.3 is 5.97 Å². The number of aromatic carboxylic acids is 1. The van der Waals surface area contributed by atoms with Crippen molar-refractivity contribution in [1.82, 2.24) is 4.57 Å². The summed E-state index contributed by atoms with van der Waals surface area (Å²) in [5, 5.41) is 13.4. The van der Waals surface area contributed by atoms with Crippen LogP contribution in [-0.2, 0) is 4.84 Å². The van der Waals surface area contributed by atoms with Crippen molar-refractivity contribution in [3.05, 3.63) is 33.4 Å². The van der Waals surface area contributed by atoms with E-state index in [1.54, 1.807) is 16.4 Å². The third-order valence-electron chi connectivity index (χ3n) is 5.92. The summed E-state index contributed by atoms with van der Waals surface area (Å²) in [5.41, 5.74) is 12.5. The van der Waals surface area contributed by atoms with E-state index in [4.69, 9.17) is 16.3 Å². The lowest BCUT2D eigenvalue weighted by Crippen LogP contribution is -2.26. The van der Waals surface area contributed by atoms with Crippen LogP contribution in [0, 0.1) is 18.7 Å². The van der Waals surface area contributed by atoms with Crippen LogP contribution in [-0.4, -0.2) is 48.1 Å². The number of aromatic nitrogens is 1. The first kappa shape index (κ1) is 20.1. The second-order valence-electron chi connectivity index (χ2n) is 7.82. The highest BCUT2D eigenvalue weighted by molar-refractivity contribution is 6.02. The van der Waals surface area contributed by atoms with Crippen molar-refractivity contribution < 1.29 is 19.1 Å². The van der Waals surface area contributed by atoms with Crippen LogP contribution in [0.2, 0.25) is 0 Å². The Labute approximate surface area is 171 Å². The van der Waals surface area contributed by atoms with Gasteiger partial charge in [-0.1, -0.05) is 5.16 Å². The average Bonchev–Trinajstić information content (AvgIpc) is 3.47. The fourth-order valence-corrected chi connectivity index (χ4v) is 4.23. The Morgan fingerprint density at radius 2 is 2.13 bits per heavy atom. The number of oxime groups is 1. The first-order chi connectivity index (χ1) is 14.3. The van der Waals surface area contributed by atoms with Crippen molar-refractivity contribution in [3.8, 4) is 0 Å². The fraction of sp³-hybridized carbons (Fsp3) is 0.450. The lowest BCUT2D eigenvalue weighted by atomic mass is 10.0. The molecule has 2 aliphatic rings. The zero-order valence-electron chi connectivity index (χ0n) is 16.8. The van der Waals surface area contributed by atoms with Crippen LogP contribution in [0.4, 0.5) is 15.8 Å². The number of carboxylic acids is 1. The molecule has 0 amide bonds. The number of benzene rings is 1. The molecule has 5 N–H and O–H groups in total. The molecule has 1 unspecified atom stereocenters. The van der Waals surface area contributed by atoms with Gasteiger partial charge in [-0.25, -0.2) is 9.18 Å². The fourth-order valence-electron chi connectivity index (χ4n) is 4.23. The number of hydrogen-bond acceptors (Lipinski definition) is 7. The summed E-state index contributed by atoms with van der Waals surface area (Å²) in [6.07, 6.45) is 2.79. The lowest BCUT2D eigenvalue weighted by Gasteiger charge is -2.25. The van der Waals surface area contributed by atoms with Gasteiger partial charge in [0.15, 0.2) is 5.82 Å². The molecule has 1 saturated heterocycles. The molecule has 0 bridgehead atoms. The van der Waals surface area contributed by atoms with Gasteiger partial charge in [-0.3, -0.25) is 4.79 Å². The summed E-state index contributed by atoms with van der Waals surface area (Å²) in [5.74, 6) is -2.05. The van der Waals surface area contributed by atoms with Gasteiger partial charge in [-0.05, 0) is 25.3 Å². The molecular formula is C20H24FN5O4. The molecule has 4 rings (SSSR count). The maximum atomic E-state index is 16.0. The van der Waals surface area contributed by atoms with Crippen molar-refractivity contribution >= 4 is 34.0 Å². The minimum Gasteiger partial charge on any atom is -0.477 e. The molecule has 2 aromatic rings. The van der Waals surface area contributed by atoms with Crippen molar-refractivity contribution in [1.29, 1.82) is 0 Å². The van der Waals surface area contributed by atoms with E-state index in [2.05, 4.69) is 5.16 Å². The van der Waals surface area contributed by atoms with Gasteiger partial charge in [0.05, 0.1) is 34.5 Å². The molecule has 10 heteroatoms. The topological polar surface area (TPSA) is 136 Å². The van der Waals surface area contributed by atoms with E-state index < -0.39 is 22.8 Å². The van der Waals surface area contributed by atoms with E-state index in [1.807, 2.05) is 0 Å². The van der Waals surface area contributed by atoms with Crippen LogP contribution in [0.15, 0.2) is 16.1 Å². The average molecular weight is 417 g/mol. The Balaban J connectivity index is 1.99. The smallest absolute Gasteiger partial charge is 0.341 e. The van der Waals surface area contributed by atoms with Gasteiger partial charge in [0.2, 0.25) is 5.43 Å². The maximum absolute atomic E-state index is 16.0. The van der Waals surface area contributed by atoms with Gasteiger partial charge in [-0.2, -0.15) is 0 Å². The molecule has 1 aliphatic heterocycles. The minimum atomic E-state index is -1.36. The van der Waals surface area contributed by atoms with Crippen LogP contribution >= 0.6 is 0 Å². The summed E-state index contributed by atoms with van der Waals surface area (Å²) in [6, 6.07) is -0.0587. The molecule has 160 valence electrons. The number of carbonyl (C=O) groups is 1. The number of rotatable bonds is 5. The quantitative estimate of drug-likeness (QED) is 0.495. The van der Waals surface area contributed by atoms with E-state index in [0.29, 0.717) is 30.9 Å². The Kier molecular flexibility index (Phi) is 4.89. The number of carboxylic acid groups (broad SMARTS) is 1. The van der Waals surface area contributed by atoms with Crippen LogP contribution < -0.4 is 21.8 Å². The number of hydrogen-bond donors (Lipinski definition) is 3. The van der Waals surface area contributed by atoms with Crippen molar-refractivity contribution in [2.45, 2.75) is 25.8 Å². The number of pyridine rings is 1. The number of fused-ring (bicyclic) bond motifs is 1. The summed E-state index contributed by atoms with van der Waals surface area (Å²) in [4.78, 5) is 31.1. The zero-order chi connectivity index (χ0) is 21.7.